The average molecular weight is 270 g/mol. The van der Waals surface area contributed by atoms with Crippen LogP contribution in [0.15, 0.2) is 48.5 Å². The summed E-state index contributed by atoms with van der Waals surface area (Å²) in [7, 11) is 0. The number of carbonyl (C=O) groups is 1. The minimum Gasteiger partial charge on any atom is -0.478 e. The summed E-state index contributed by atoms with van der Waals surface area (Å²) >= 11 is 0. The summed E-state index contributed by atoms with van der Waals surface area (Å²) in [5, 5.41) is 12.1. The van der Waals surface area contributed by atoms with Crippen molar-refractivity contribution in [1.29, 1.82) is 0 Å². The molecular weight excluding hydrogens is 252 g/mol. The van der Waals surface area contributed by atoms with Crippen molar-refractivity contribution in [3.05, 3.63) is 65.2 Å². The Balaban J connectivity index is 1.77. The van der Waals surface area contributed by atoms with Gasteiger partial charge in [-0.3, -0.25) is 0 Å². The first kappa shape index (κ1) is 14.1. The standard InChI is InChI=1S/C16H18N2O2/c17-15-3-1-2-12(10-15)8-9-18-11-13-4-6-14(7-5-13)16(19)20/h1-7,10,18H,8-9,11,17H2,(H,19,20). The number of benzene rings is 2. The van der Waals surface area contributed by atoms with Gasteiger partial charge >= 0.3 is 5.97 Å². The van der Waals surface area contributed by atoms with Gasteiger partial charge in [0.25, 0.3) is 0 Å². The van der Waals surface area contributed by atoms with Crippen LogP contribution in [-0.4, -0.2) is 17.6 Å². The molecule has 0 fully saturated rings. The Kier molecular flexibility index (Phi) is 4.74. The molecule has 0 amide bonds. The molecule has 0 aliphatic heterocycles. The SMILES string of the molecule is Nc1cccc(CCNCc2ccc(C(=O)O)cc2)c1. The van der Waals surface area contributed by atoms with Gasteiger partial charge < -0.3 is 16.2 Å². The number of nitrogens with one attached hydrogen (secondary N) is 1. The summed E-state index contributed by atoms with van der Waals surface area (Å²) in [4.78, 5) is 10.7. The smallest absolute Gasteiger partial charge is 0.335 e. The Hall–Kier alpha value is -2.33. The maximum absolute atomic E-state index is 10.7. The highest BCUT2D eigenvalue weighted by Gasteiger charge is 2.01. The van der Waals surface area contributed by atoms with Crippen molar-refractivity contribution >= 4 is 11.7 Å². The molecule has 0 spiro atoms. The molecule has 0 saturated heterocycles. The van der Waals surface area contributed by atoms with Gasteiger partial charge in [0.15, 0.2) is 0 Å². The molecule has 4 heteroatoms. The van der Waals surface area contributed by atoms with E-state index in [1.807, 2.05) is 30.3 Å². The molecule has 0 aliphatic rings. The second-order valence-corrected chi connectivity index (χ2v) is 4.67. The first-order valence-electron chi connectivity index (χ1n) is 6.52. The average Bonchev–Trinajstić information content (AvgIpc) is 2.44. The first-order chi connectivity index (χ1) is 9.65. The van der Waals surface area contributed by atoms with Crippen molar-refractivity contribution in [1.82, 2.24) is 5.32 Å². The summed E-state index contributed by atoms with van der Waals surface area (Å²) in [5.41, 5.74) is 9.10. The number of rotatable bonds is 6. The van der Waals surface area contributed by atoms with Crippen LogP contribution in [0, 0.1) is 0 Å². The largest absolute Gasteiger partial charge is 0.478 e. The van der Waals surface area contributed by atoms with Gasteiger partial charge in [-0.1, -0.05) is 24.3 Å². The van der Waals surface area contributed by atoms with Crippen LogP contribution in [0.3, 0.4) is 0 Å². The normalized spacial score (nSPS) is 10.4. The molecule has 104 valence electrons. The van der Waals surface area contributed by atoms with E-state index in [-0.39, 0.29) is 0 Å². The second-order valence-electron chi connectivity index (χ2n) is 4.67. The lowest BCUT2D eigenvalue weighted by Crippen LogP contribution is -2.16. The van der Waals surface area contributed by atoms with Crippen LogP contribution in [0.25, 0.3) is 0 Å². The third kappa shape index (κ3) is 4.10. The Morgan fingerprint density at radius 1 is 1.10 bits per heavy atom. The fourth-order valence-electron chi connectivity index (χ4n) is 1.98. The number of hydrogen-bond acceptors (Lipinski definition) is 3. The van der Waals surface area contributed by atoms with E-state index in [1.54, 1.807) is 12.1 Å². The highest BCUT2D eigenvalue weighted by Crippen LogP contribution is 2.07. The van der Waals surface area contributed by atoms with Crippen LogP contribution < -0.4 is 11.1 Å². The molecule has 0 unspecified atom stereocenters. The van der Waals surface area contributed by atoms with Crippen LogP contribution in [0.4, 0.5) is 5.69 Å². The minimum atomic E-state index is -0.897. The van der Waals surface area contributed by atoms with Gasteiger partial charge in [0.05, 0.1) is 5.56 Å². The number of nitrogen functional groups attached to an aromatic ring is 1. The molecule has 2 aromatic rings. The molecule has 0 bridgehead atoms. The van der Waals surface area contributed by atoms with Gasteiger partial charge in [-0.2, -0.15) is 0 Å². The molecule has 20 heavy (non-hydrogen) atoms. The molecule has 2 rings (SSSR count). The lowest BCUT2D eigenvalue weighted by atomic mass is 10.1. The first-order valence-corrected chi connectivity index (χ1v) is 6.52. The lowest BCUT2D eigenvalue weighted by molar-refractivity contribution is 0.0697. The van der Waals surface area contributed by atoms with Gasteiger partial charge in [0, 0.05) is 12.2 Å². The third-order valence-electron chi connectivity index (χ3n) is 3.07. The number of carboxylic acid groups (broad SMARTS) is 1. The summed E-state index contributed by atoms with van der Waals surface area (Å²) in [5.74, 6) is -0.897. The topological polar surface area (TPSA) is 75.3 Å². The fourth-order valence-corrected chi connectivity index (χ4v) is 1.98. The van der Waals surface area contributed by atoms with Gasteiger partial charge in [-0.15, -0.1) is 0 Å². The maximum atomic E-state index is 10.7. The highest BCUT2D eigenvalue weighted by molar-refractivity contribution is 5.87. The third-order valence-corrected chi connectivity index (χ3v) is 3.07. The number of carboxylic acids is 1. The summed E-state index contributed by atoms with van der Waals surface area (Å²) < 4.78 is 0. The van der Waals surface area contributed by atoms with Crippen LogP contribution in [0.2, 0.25) is 0 Å². The molecule has 0 atom stereocenters. The van der Waals surface area contributed by atoms with E-state index in [1.165, 1.54) is 5.56 Å². The van der Waals surface area contributed by atoms with Crippen LogP contribution in [0.5, 0.6) is 0 Å². The van der Waals surface area contributed by atoms with Crippen molar-refractivity contribution in [3.63, 3.8) is 0 Å². The Labute approximate surface area is 118 Å². The van der Waals surface area contributed by atoms with E-state index in [2.05, 4.69) is 11.4 Å². The summed E-state index contributed by atoms with van der Waals surface area (Å²) in [6.07, 6.45) is 0.915. The van der Waals surface area contributed by atoms with Crippen LogP contribution in [0.1, 0.15) is 21.5 Å². The van der Waals surface area contributed by atoms with Gasteiger partial charge in [0.2, 0.25) is 0 Å². The Bertz CT molecular complexity index is 579. The number of nitrogens with two attached hydrogens (primary N) is 1. The molecule has 2 aromatic carbocycles. The fraction of sp³-hybridized carbons (Fsp3) is 0.188. The van der Waals surface area contributed by atoms with Gasteiger partial charge in [-0.25, -0.2) is 4.79 Å². The maximum Gasteiger partial charge on any atom is 0.335 e. The highest BCUT2D eigenvalue weighted by atomic mass is 16.4. The van der Waals surface area contributed by atoms with E-state index >= 15 is 0 Å². The molecule has 0 saturated carbocycles. The number of hydrogen-bond donors (Lipinski definition) is 3. The van der Waals surface area contributed by atoms with E-state index in [0.29, 0.717) is 5.56 Å². The minimum absolute atomic E-state index is 0.313. The molecule has 4 nitrogen and oxygen atoms in total. The molecule has 0 heterocycles. The monoisotopic (exact) mass is 270 g/mol. The summed E-state index contributed by atoms with van der Waals surface area (Å²) in [6, 6.07) is 14.8. The van der Waals surface area contributed by atoms with E-state index < -0.39 is 5.97 Å². The zero-order valence-corrected chi connectivity index (χ0v) is 11.2. The van der Waals surface area contributed by atoms with Crippen molar-refractivity contribution in [2.24, 2.45) is 0 Å². The van der Waals surface area contributed by atoms with E-state index in [0.717, 1.165) is 30.8 Å². The lowest BCUT2D eigenvalue weighted by Gasteiger charge is -2.06. The van der Waals surface area contributed by atoms with E-state index in [4.69, 9.17) is 10.8 Å². The zero-order valence-electron chi connectivity index (χ0n) is 11.2. The van der Waals surface area contributed by atoms with Gasteiger partial charge in [0.1, 0.15) is 0 Å². The van der Waals surface area contributed by atoms with Crippen molar-refractivity contribution < 1.29 is 9.90 Å². The quantitative estimate of drug-likeness (QED) is 0.556. The van der Waals surface area contributed by atoms with E-state index in [9.17, 15) is 4.79 Å². The van der Waals surface area contributed by atoms with Crippen LogP contribution in [-0.2, 0) is 13.0 Å². The second kappa shape index (κ2) is 6.73. The van der Waals surface area contributed by atoms with Crippen molar-refractivity contribution in [2.45, 2.75) is 13.0 Å². The van der Waals surface area contributed by atoms with Crippen molar-refractivity contribution in [3.8, 4) is 0 Å². The zero-order chi connectivity index (χ0) is 14.4. The Morgan fingerprint density at radius 2 is 1.85 bits per heavy atom. The predicted molar refractivity (Wildman–Crippen MR) is 79.7 cm³/mol. The molecular formula is C16H18N2O2. The number of anilines is 1. The predicted octanol–water partition coefficient (Wildman–Crippen LogP) is 2.30. The Morgan fingerprint density at radius 3 is 2.50 bits per heavy atom. The molecule has 0 aromatic heterocycles. The van der Waals surface area contributed by atoms with Crippen LogP contribution >= 0.6 is 0 Å². The van der Waals surface area contributed by atoms with Crippen molar-refractivity contribution in [2.75, 3.05) is 12.3 Å². The number of aromatic carboxylic acids is 1. The van der Waals surface area contributed by atoms with Gasteiger partial charge in [-0.05, 0) is 48.4 Å². The molecule has 0 aliphatic carbocycles. The molecule has 4 N–H and O–H groups in total. The summed E-state index contributed by atoms with van der Waals surface area (Å²) in [6.45, 7) is 1.58. The molecule has 0 radical (unpaired) electrons.